The SMILES string of the molecule is O=C(N[C@@H]1CN2CCC23CCC13)c1n[nH]c2ccc(OC(F)(F)F)cc12. The molecule has 1 saturated carbocycles. The highest BCUT2D eigenvalue weighted by atomic mass is 19.4. The molecule has 3 fully saturated rings. The predicted molar refractivity (Wildman–Crippen MR) is 85.7 cm³/mol. The average Bonchev–Trinajstić information content (AvgIpc) is 2.96. The second kappa shape index (κ2) is 5.12. The Morgan fingerprint density at radius 2 is 2.23 bits per heavy atom. The molecule has 2 unspecified atom stereocenters. The van der Waals surface area contributed by atoms with E-state index in [4.69, 9.17) is 0 Å². The number of amides is 1. The minimum absolute atomic E-state index is 0.0695. The fourth-order valence-corrected chi connectivity index (χ4v) is 4.86. The molecule has 3 atom stereocenters. The molecule has 1 aromatic carbocycles. The van der Waals surface area contributed by atoms with Crippen LogP contribution < -0.4 is 10.1 Å². The molecule has 2 aromatic rings. The number of fused-ring (bicyclic) bond motifs is 1. The number of halogens is 3. The smallest absolute Gasteiger partial charge is 0.406 e. The van der Waals surface area contributed by atoms with Gasteiger partial charge >= 0.3 is 6.36 Å². The summed E-state index contributed by atoms with van der Waals surface area (Å²) in [7, 11) is 0. The molecule has 1 spiro atoms. The van der Waals surface area contributed by atoms with Crippen LogP contribution in [0.4, 0.5) is 13.2 Å². The first-order valence-corrected chi connectivity index (χ1v) is 8.65. The molecule has 138 valence electrons. The monoisotopic (exact) mass is 366 g/mol. The molecule has 5 rings (SSSR count). The molecular weight excluding hydrogens is 349 g/mol. The number of carbonyl (C=O) groups is 1. The maximum Gasteiger partial charge on any atom is 0.573 e. The summed E-state index contributed by atoms with van der Waals surface area (Å²) in [5.74, 6) is -0.270. The van der Waals surface area contributed by atoms with E-state index in [2.05, 4.69) is 25.2 Å². The molecule has 2 saturated heterocycles. The van der Waals surface area contributed by atoms with Crippen LogP contribution in [0.1, 0.15) is 29.8 Å². The van der Waals surface area contributed by atoms with Gasteiger partial charge in [-0.1, -0.05) is 0 Å². The lowest BCUT2D eigenvalue weighted by Crippen LogP contribution is -2.64. The summed E-state index contributed by atoms with van der Waals surface area (Å²) in [4.78, 5) is 15.1. The van der Waals surface area contributed by atoms with Crippen LogP contribution in [-0.4, -0.2) is 52.0 Å². The standard InChI is InChI=1S/C17H17F3N4O2/c18-17(19,20)26-9-1-2-12-10(7-9)14(23-22-12)15(25)21-13-8-24-6-5-16(24)4-3-11(13)16/h1-2,7,11,13H,3-6,8H2,(H,21,25)(H,22,23)/t11?,13-,16?/m1/s1. The molecule has 1 aliphatic carbocycles. The maximum atomic E-state index is 12.7. The lowest BCUT2D eigenvalue weighted by molar-refractivity contribution is -0.274. The zero-order valence-corrected chi connectivity index (χ0v) is 13.8. The zero-order valence-electron chi connectivity index (χ0n) is 13.8. The molecule has 3 aliphatic rings. The number of H-pyrrole nitrogens is 1. The normalized spacial score (nSPS) is 30.3. The Kier molecular flexibility index (Phi) is 3.14. The first-order valence-electron chi connectivity index (χ1n) is 8.65. The first kappa shape index (κ1) is 15.9. The molecule has 0 bridgehead atoms. The minimum atomic E-state index is -4.78. The summed E-state index contributed by atoms with van der Waals surface area (Å²) in [6.07, 6.45) is -1.30. The molecule has 2 aliphatic heterocycles. The van der Waals surface area contributed by atoms with Crippen molar-refractivity contribution >= 4 is 16.8 Å². The third kappa shape index (κ3) is 2.22. The summed E-state index contributed by atoms with van der Waals surface area (Å²) in [6.45, 7) is 1.91. The summed E-state index contributed by atoms with van der Waals surface area (Å²) in [6, 6.07) is 3.87. The molecule has 1 amide bonds. The highest BCUT2D eigenvalue weighted by Gasteiger charge is 2.63. The van der Waals surface area contributed by atoms with Gasteiger partial charge in [-0.2, -0.15) is 5.10 Å². The lowest BCUT2D eigenvalue weighted by Gasteiger charge is -2.58. The van der Waals surface area contributed by atoms with Crippen molar-refractivity contribution in [1.82, 2.24) is 20.4 Å². The molecular formula is C17H17F3N4O2. The Morgan fingerprint density at radius 1 is 1.38 bits per heavy atom. The van der Waals surface area contributed by atoms with E-state index in [1.54, 1.807) is 0 Å². The molecule has 1 aromatic heterocycles. The van der Waals surface area contributed by atoms with Gasteiger partial charge in [0, 0.05) is 30.1 Å². The van der Waals surface area contributed by atoms with Crippen molar-refractivity contribution in [2.75, 3.05) is 13.1 Å². The average molecular weight is 366 g/mol. The molecule has 2 N–H and O–H groups in total. The van der Waals surface area contributed by atoms with Crippen molar-refractivity contribution in [3.05, 3.63) is 23.9 Å². The molecule has 9 heteroatoms. The number of alkyl halides is 3. The number of hydrogen-bond acceptors (Lipinski definition) is 4. The maximum absolute atomic E-state index is 12.7. The van der Waals surface area contributed by atoms with Gasteiger partial charge in [0.05, 0.1) is 5.52 Å². The van der Waals surface area contributed by atoms with Crippen LogP contribution in [0.25, 0.3) is 10.9 Å². The van der Waals surface area contributed by atoms with E-state index in [9.17, 15) is 18.0 Å². The van der Waals surface area contributed by atoms with Gasteiger partial charge in [-0.05, 0) is 43.4 Å². The van der Waals surface area contributed by atoms with E-state index in [1.165, 1.54) is 31.0 Å². The van der Waals surface area contributed by atoms with E-state index in [-0.39, 0.29) is 23.4 Å². The highest BCUT2D eigenvalue weighted by Crippen LogP contribution is 2.57. The number of nitrogens with zero attached hydrogens (tertiary/aromatic N) is 2. The number of ether oxygens (including phenoxy) is 1. The fraction of sp³-hybridized carbons (Fsp3) is 0.529. The number of aromatic nitrogens is 2. The quantitative estimate of drug-likeness (QED) is 0.875. The van der Waals surface area contributed by atoms with Gasteiger partial charge in [0.2, 0.25) is 0 Å². The van der Waals surface area contributed by atoms with Crippen molar-refractivity contribution in [3.63, 3.8) is 0 Å². The van der Waals surface area contributed by atoms with Crippen molar-refractivity contribution in [1.29, 1.82) is 0 Å². The van der Waals surface area contributed by atoms with Crippen LogP contribution in [-0.2, 0) is 0 Å². The van der Waals surface area contributed by atoms with Crippen molar-refractivity contribution in [3.8, 4) is 5.75 Å². The van der Waals surface area contributed by atoms with Gasteiger partial charge in [-0.25, -0.2) is 0 Å². The van der Waals surface area contributed by atoms with Crippen LogP contribution >= 0.6 is 0 Å². The fourth-order valence-electron chi connectivity index (χ4n) is 4.86. The van der Waals surface area contributed by atoms with Gasteiger partial charge in [-0.15, -0.1) is 13.2 Å². The molecule has 0 radical (unpaired) electrons. The van der Waals surface area contributed by atoms with Crippen LogP contribution in [0.3, 0.4) is 0 Å². The van der Waals surface area contributed by atoms with E-state index < -0.39 is 6.36 Å². The minimum Gasteiger partial charge on any atom is -0.406 e. The number of carbonyl (C=O) groups excluding carboxylic acids is 1. The second-order valence-corrected chi connectivity index (χ2v) is 7.35. The van der Waals surface area contributed by atoms with Gasteiger partial charge in [0.15, 0.2) is 5.69 Å². The molecule has 26 heavy (non-hydrogen) atoms. The van der Waals surface area contributed by atoms with Gasteiger partial charge < -0.3 is 10.1 Å². The van der Waals surface area contributed by atoms with E-state index in [0.29, 0.717) is 22.4 Å². The number of rotatable bonds is 3. The number of nitrogens with one attached hydrogen (secondary N) is 2. The Balaban J connectivity index is 1.38. The number of benzene rings is 1. The molecule has 3 heterocycles. The van der Waals surface area contributed by atoms with Crippen LogP contribution in [0.2, 0.25) is 0 Å². The lowest BCUT2D eigenvalue weighted by atomic mass is 9.61. The number of aromatic amines is 1. The largest absolute Gasteiger partial charge is 0.573 e. The third-order valence-electron chi connectivity index (χ3n) is 6.23. The molecule has 6 nitrogen and oxygen atoms in total. The summed E-state index contributed by atoms with van der Waals surface area (Å²) < 4.78 is 41.2. The van der Waals surface area contributed by atoms with Crippen molar-refractivity contribution in [2.45, 2.75) is 37.2 Å². The van der Waals surface area contributed by atoms with Gasteiger partial charge in [-0.3, -0.25) is 14.8 Å². The summed E-state index contributed by atoms with van der Waals surface area (Å²) >= 11 is 0. The first-order chi connectivity index (χ1) is 12.4. The van der Waals surface area contributed by atoms with Gasteiger partial charge in [0.25, 0.3) is 5.91 Å². The van der Waals surface area contributed by atoms with Crippen LogP contribution in [0.5, 0.6) is 5.75 Å². The van der Waals surface area contributed by atoms with Crippen LogP contribution in [0, 0.1) is 5.92 Å². The highest BCUT2D eigenvalue weighted by molar-refractivity contribution is 6.05. The summed E-state index contributed by atoms with van der Waals surface area (Å²) in [5.41, 5.74) is 0.870. The predicted octanol–water partition coefficient (Wildman–Crippen LogP) is 2.43. The zero-order chi connectivity index (χ0) is 18.1. The van der Waals surface area contributed by atoms with Gasteiger partial charge in [0.1, 0.15) is 5.75 Å². The Morgan fingerprint density at radius 3 is 2.85 bits per heavy atom. The van der Waals surface area contributed by atoms with E-state index in [0.717, 1.165) is 19.5 Å². The van der Waals surface area contributed by atoms with Crippen molar-refractivity contribution < 1.29 is 22.7 Å². The van der Waals surface area contributed by atoms with Crippen molar-refractivity contribution in [2.24, 2.45) is 5.92 Å². The Labute approximate surface area is 146 Å². The van der Waals surface area contributed by atoms with E-state index >= 15 is 0 Å². The summed E-state index contributed by atoms with van der Waals surface area (Å²) in [5, 5.41) is 10.0. The Bertz CT molecular complexity index is 892. The topological polar surface area (TPSA) is 70.2 Å². The van der Waals surface area contributed by atoms with Crippen LogP contribution in [0.15, 0.2) is 18.2 Å². The number of hydrogen-bond donors (Lipinski definition) is 2. The van der Waals surface area contributed by atoms with E-state index in [1.807, 2.05) is 0 Å². The third-order valence-corrected chi connectivity index (χ3v) is 6.23. The Hall–Kier alpha value is -2.29. The second-order valence-electron chi connectivity index (χ2n) is 7.35.